The highest BCUT2D eigenvalue weighted by Crippen LogP contribution is 2.25. The van der Waals surface area contributed by atoms with Crippen molar-refractivity contribution in [3.05, 3.63) is 93.0 Å². The van der Waals surface area contributed by atoms with Gasteiger partial charge in [0, 0.05) is 23.4 Å². The summed E-state index contributed by atoms with van der Waals surface area (Å²) in [6.07, 6.45) is 0. The molecule has 3 rings (SSSR count). The summed E-state index contributed by atoms with van der Waals surface area (Å²) in [5.74, 6) is -0.580. The zero-order chi connectivity index (χ0) is 22.8. The van der Waals surface area contributed by atoms with Crippen molar-refractivity contribution in [2.75, 3.05) is 10.0 Å². The highest BCUT2D eigenvalue weighted by Gasteiger charge is 2.20. The van der Waals surface area contributed by atoms with Crippen LogP contribution in [0.5, 0.6) is 0 Å². The molecule has 0 unspecified atom stereocenters. The van der Waals surface area contributed by atoms with Crippen molar-refractivity contribution in [2.45, 2.75) is 25.7 Å². The number of anilines is 2. The summed E-state index contributed by atoms with van der Waals surface area (Å²) in [5, 5.41) is 13.5. The van der Waals surface area contributed by atoms with Crippen molar-refractivity contribution in [3.8, 4) is 0 Å². The number of carbonyl (C=O) groups is 1. The van der Waals surface area contributed by atoms with Gasteiger partial charge in [0.1, 0.15) is 0 Å². The molecule has 0 saturated heterocycles. The average molecular weight is 439 g/mol. The maximum absolute atomic E-state index is 13.0. The topological polar surface area (TPSA) is 118 Å². The second kappa shape index (κ2) is 8.57. The number of amides is 1. The number of hydrogen-bond donors (Lipinski definition) is 2. The van der Waals surface area contributed by atoms with Crippen LogP contribution in [0.3, 0.4) is 0 Å². The van der Waals surface area contributed by atoms with Crippen molar-refractivity contribution in [1.29, 1.82) is 0 Å². The van der Waals surface area contributed by atoms with Crippen LogP contribution >= 0.6 is 0 Å². The molecule has 0 spiro atoms. The second-order valence-electron chi connectivity index (χ2n) is 7.09. The normalized spacial score (nSPS) is 11.1. The zero-order valence-electron chi connectivity index (χ0n) is 17.2. The lowest BCUT2D eigenvalue weighted by molar-refractivity contribution is -0.384. The third kappa shape index (κ3) is 4.89. The first-order valence-electron chi connectivity index (χ1n) is 9.34. The molecule has 2 N–H and O–H groups in total. The van der Waals surface area contributed by atoms with Gasteiger partial charge in [0.15, 0.2) is 0 Å². The Labute approximate surface area is 180 Å². The van der Waals surface area contributed by atoms with E-state index in [1.165, 1.54) is 36.4 Å². The minimum Gasteiger partial charge on any atom is -0.322 e. The Bertz CT molecular complexity index is 1290. The molecule has 0 heterocycles. The SMILES string of the molecule is Cc1ccc(C(=O)Nc2cccc([N+](=O)[O-])c2)cc1S(=O)(=O)Nc1cccc(C)c1C. The summed E-state index contributed by atoms with van der Waals surface area (Å²) in [4.78, 5) is 23.0. The van der Waals surface area contributed by atoms with Gasteiger partial charge in [-0.1, -0.05) is 24.3 Å². The minimum absolute atomic E-state index is 0.0277. The van der Waals surface area contributed by atoms with Gasteiger partial charge in [-0.3, -0.25) is 19.6 Å². The van der Waals surface area contributed by atoms with Crippen LogP contribution < -0.4 is 10.0 Å². The van der Waals surface area contributed by atoms with E-state index in [9.17, 15) is 23.3 Å². The highest BCUT2D eigenvalue weighted by atomic mass is 32.2. The average Bonchev–Trinajstić information content (AvgIpc) is 2.71. The quantitative estimate of drug-likeness (QED) is 0.431. The Morgan fingerprint density at radius 1 is 0.935 bits per heavy atom. The van der Waals surface area contributed by atoms with Crippen LogP contribution in [-0.2, 0) is 10.0 Å². The summed E-state index contributed by atoms with van der Waals surface area (Å²) in [5.41, 5.74) is 2.87. The van der Waals surface area contributed by atoms with E-state index in [2.05, 4.69) is 10.0 Å². The number of rotatable bonds is 6. The maximum atomic E-state index is 13.0. The second-order valence-corrected chi connectivity index (χ2v) is 8.75. The number of nitro groups is 1. The van der Waals surface area contributed by atoms with Crippen LogP contribution in [0.25, 0.3) is 0 Å². The van der Waals surface area contributed by atoms with E-state index in [4.69, 9.17) is 0 Å². The summed E-state index contributed by atoms with van der Waals surface area (Å²) in [6.45, 7) is 5.35. The molecule has 9 heteroatoms. The molecule has 0 aliphatic heterocycles. The number of hydrogen-bond acceptors (Lipinski definition) is 5. The molecule has 0 aliphatic rings. The van der Waals surface area contributed by atoms with Gasteiger partial charge < -0.3 is 5.32 Å². The van der Waals surface area contributed by atoms with Crippen LogP contribution in [0.15, 0.2) is 65.6 Å². The van der Waals surface area contributed by atoms with E-state index in [1.807, 2.05) is 19.9 Å². The fourth-order valence-corrected chi connectivity index (χ4v) is 4.39. The molecular formula is C22H21N3O5S. The Kier molecular flexibility index (Phi) is 6.07. The van der Waals surface area contributed by atoms with Crippen LogP contribution in [0.2, 0.25) is 0 Å². The third-order valence-electron chi connectivity index (χ3n) is 4.90. The molecule has 8 nitrogen and oxygen atoms in total. The number of benzene rings is 3. The van der Waals surface area contributed by atoms with E-state index in [0.717, 1.165) is 11.1 Å². The van der Waals surface area contributed by atoms with Gasteiger partial charge in [-0.2, -0.15) is 0 Å². The number of aryl methyl sites for hydroxylation is 2. The largest absolute Gasteiger partial charge is 0.322 e. The Balaban J connectivity index is 1.90. The number of sulfonamides is 1. The first-order valence-corrected chi connectivity index (χ1v) is 10.8. The molecule has 0 bridgehead atoms. The van der Waals surface area contributed by atoms with Crippen LogP contribution in [0, 0.1) is 30.9 Å². The molecular weight excluding hydrogens is 418 g/mol. The van der Waals surface area contributed by atoms with Crippen LogP contribution in [0.4, 0.5) is 17.1 Å². The highest BCUT2D eigenvalue weighted by molar-refractivity contribution is 7.92. The first kappa shape index (κ1) is 22.0. The Hall–Kier alpha value is -3.72. The number of nitrogens with one attached hydrogen (secondary N) is 2. The van der Waals surface area contributed by atoms with Crippen molar-refractivity contribution in [2.24, 2.45) is 0 Å². The van der Waals surface area contributed by atoms with Crippen molar-refractivity contribution >= 4 is 33.0 Å². The standard InChI is InChI=1S/C22H21N3O5S/c1-14-6-4-9-20(16(14)3)24-31(29,30)21-12-17(11-10-15(21)2)22(26)23-18-7-5-8-19(13-18)25(27)28/h4-13,24H,1-3H3,(H,23,26). The van der Waals surface area contributed by atoms with E-state index in [0.29, 0.717) is 11.3 Å². The predicted molar refractivity (Wildman–Crippen MR) is 119 cm³/mol. The molecule has 3 aromatic carbocycles. The summed E-state index contributed by atoms with van der Waals surface area (Å²) in [6, 6.07) is 15.2. The monoisotopic (exact) mass is 439 g/mol. The Morgan fingerprint density at radius 2 is 1.65 bits per heavy atom. The fourth-order valence-electron chi connectivity index (χ4n) is 2.99. The molecule has 3 aromatic rings. The van der Waals surface area contributed by atoms with Gasteiger partial charge in [-0.05, 0) is 61.7 Å². The van der Waals surface area contributed by atoms with E-state index in [1.54, 1.807) is 25.1 Å². The zero-order valence-corrected chi connectivity index (χ0v) is 18.0. The van der Waals surface area contributed by atoms with Gasteiger partial charge in [0.05, 0.1) is 15.5 Å². The molecule has 160 valence electrons. The van der Waals surface area contributed by atoms with Crippen LogP contribution in [-0.4, -0.2) is 19.2 Å². The van der Waals surface area contributed by atoms with Crippen molar-refractivity contribution in [1.82, 2.24) is 0 Å². The first-order chi connectivity index (χ1) is 14.6. The van der Waals surface area contributed by atoms with Gasteiger partial charge in [0.2, 0.25) is 0 Å². The van der Waals surface area contributed by atoms with Crippen molar-refractivity contribution in [3.63, 3.8) is 0 Å². The number of nitro benzene ring substituents is 1. The molecule has 1 amide bonds. The summed E-state index contributed by atoms with van der Waals surface area (Å²) >= 11 is 0. The van der Waals surface area contributed by atoms with Gasteiger partial charge in [-0.15, -0.1) is 0 Å². The minimum atomic E-state index is -3.95. The van der Waals surface area contributed by atoms with E-state index < -0.39 is 20.9 Å². The number of nitrogens with zero attached hydrogens (tertiary/aromatic N) is 1. The lowest BCUT2D eigenvalue weighted by Crippen LogP contribution is -2.17. The van der Waals surface area contributed by atoms with Gasteiger partial charge in [0.25, 0.3) is 21.6 Å². The summed E-state index contributed by atoms with van der Waals surface area (Å²) < 4.78 is 28.6. The van der Waals surface area contributed by atoms with Crippen molar-refractivity contribution < 1.29 is 18.1 Å². The molecule has 0 saturated carbocycles. The predicted octanol–water partition coefficient (Wildman–Crippen LogP) is 4.57. The molecule has 0 aliphatic carbocycles. The maximum Gasteiger partial charge on any atom is 0.271 e. The smallest absolute Gasteiger partial charge is 0.271 e. The molecule has 0 fully saturated rings. The summed E-state index contributed by atoms with van der Waals surface area (Å²) in [7, 11) is -3.95. The molecule has 0 aromatic heterocycles. The van der Waals surface area contributed by atoms with E-state index >= 15 is 0 Å². The molecule has 0 atom stereocenters. The van der Waals surface area contributed by atoms with E-state index in [-0.39, 0.29) is 21.8 Å². The molecule has 0 radical (unpaired) electrons. The lowest BCUT2D eigenvalue weighted by Gasteiger charge is -2.14. The number of non-ortho nitro benzene ring substituents is 1. The number of carbonyl (C=O) groups excluding carboxylic acids is 1. The Morgan fingerprint density at radius 3 is 2.35 bits per heavy atom. The fraction of sp³-hybridized carbons (Fsp3) is 0.136. The lowest BCUT2D eigenvalue weighted by atomic mass is 10.1. The van der Waals surface area contributed by atoms with Crippen LogP contribution in [0.1, 0.15) is 27.0 Å². The molecule has 31 heavy (non-hydrogen) atoms. The van der Waals surface area contributed by atoms with Gasteiger partial charge >= 0.3 is 0 Å². The van der Waals surface area contributed by atoms with Gasteiger partial charge in [-0.25, -0.2) is 8.42 Å². The third-order valence-corrected chi connectivity index (χ3v) is 6.41.